The highest BCUT2D eigenvalue weighted by Gasteiger charge is 2.17. The molecule has 0 amide bonds. The van der Waals surface area contributed by atoms with E-state index in [9.17, 15) is 5.11 Å². The van der Waals surface area contributed by atoms with Gasteiger partial charge in [0.2, 0.25) is 0 Å². The molecule has 1 aromatic carbocycles. The van der Waals surface area contributed by atoms with Crippen LogP contribution in [0.3, 0.4) is 0 Å². The normalized spacial score (nSPS) is 17.8. The summed E-state index contributed by atoms with van der Waals surface area (Å²) in [4.78, 5) is 2.34. The van der Waals surface area contributed by atoms with Gasteiger partial charge < -0.3 is 10.4 Å². The molecule has 1 atom stereocenters. The van der Waals surface area contributed by atoms with Crippen molar-refractivity contribution in [3.05, 3.63) is 35.4 Å². The molecule has 2 rings (SSSR count). The van der Waals surface area contributed by atoms with Crippen molar-refractivity contribution in [1.29, 1.82) is 0 Å². The molecule has 1 aliphatic rings. The minimum atomic E-state index is -0.264. The Morgan fingerprint density at radius 3 is 2.88 bits per heavy atom. The maximum Gasteiger partial charge on any atom is 0.0791 e. The number of benzene rings is 1. The molecule has 0 fully saturated rings. The Kier molecular flexibility index (Phi) is 4.54. The summed E-state index contributed by atoms with van der Waals surface area (Å²) >= 11 is 0. The summed E-state index contributed by atoms with van der Waals surface area (Å²) in [6.07, 6.45) is 0.838. The second kappa shape index (κ2) is 6.15. The van der Waals surface area contributed by atoms with E-state index in [0.717, 1.165) is 32.6 Å². The largest absolute Gasteiger partial charge is 0.390 e. The number of rotatable bonds is 5. The minimum Gasteiger partial charge on any atom is -0.390 e. The zero-order chi connectivity index (χ0) is 12.1. The highest BCUT2D eigenvalue weighted by atomic mass is 16.3. The molecule has 0 bridgehead atoms. The van der Waals surface area contributed by atoms with Crippen LogP contribution < -0.4 is 5.32 Å². The lowest BCUT2D eigenvalue weighted by Gasteiger charge is -2.30. The molecule has 0 saturated heterocycles. The van der Waals surface area contributed by atoms with E-state index >= 15 is 0 Å². The predicted octanol–water partition coefficient (Wildman–Crippen LogP) is 1.02. The van der Waals surface area contributed by atoms with Gasteiger partial charge in [-0.15, -0.1) is 0 Å². The number of aliphatic hydroxyl groups excluding tert-OH is 1. The van der Waals surface area contributed by atoms with E-state index in [4.69, 9.17) is 0 Å². The SMILES string of the molecule is CCNCC(O)CN1CCc2ccccc2C1. The summed E-state index contributed by atoms with van der Waals surface area (Å²) in [5.41, 5.74) is 2.87. The van der Waals surface area contributed by atoms with Crippen LogP contribution in [-0.4, -0.2) is 42.3 Å². The quantitative estimate of drug-likeness (QED) is 0.798. The van der Waals surface area contributed by atoms with Crippen LogP contribution in [0.25, 0.3) is 0 Å². The van der Waals surface area contributed by atoms with Crippen molar-refractivity contribution < 1.29 is 5.11 Å². The summed E-state index contributed by atoms with van der Waals surface area (Å²) in [5.74, 6) is 0. The van der Waals surface area contributed by atoms with Gasteiger partial charge >= 0.3 is 0 Å². The molecule has 1 unspecified atom stereocenters. The Hall–Kier alpha value is -0.900. The minimum absolute atomic E-state index is 0.264. The van der Waals surface area contributed by atoms with E-state index < -0.39 is 0 Å². The molecule has 2 N–H and O–H groups in total. The van der Waals surface area contributed by atoms with E-state index in [1.807, 2.05) is 0 Å². The molecule has 0 aromatic heterocycles. The maximum absolute atomic E-state index is 9.88. The first kappa shape index (κ1) is 12.6. The van der Waals surface area contributed by atoms with Crippen LogP contribution in [0.4, 0.5) is 0 Å². The summed E-state index contributed by atoms with van der Waals surface area (Å²) in [7, 11) is 0. The average molecular weight is 234 g/mol. The predicted molar refractivity (Wildman–Crippen MR) is 70.0 cm³/mol. The van der Waals surface area contributed by atoms with Gasteiger partial charge in [-0.3, -0.25) is 4.90 Å². The molecule has 3 heteroatoms. The van der Waals surface area contributed by atoms with Crippen LogP contribution in [0.1, 0.15) is 18.1 Å². The second-order valence-electron chi connectivity index (χ2n) is 4.72. The number of nitrogens with zero attached hydrogens (tertiary/aromatic N) is 1. The number of hydrogen-bond donors (Lipinski definition) is 2. The molecule has 0 aliphatic carbocycles. The molecule has 3 nitrogen and oxygen atoms in total. The molecule has 0 saturated carbocycles. The van der Waals surface area contributed by atoms with Gasteiger partial charge in [0.05, 0.1) is 6.10 Å². The van der Waals surface area contributed by atoms with Gasteiger partial charge in [0.25, 0.3) is 0 Å². The number of fused-ring (bicyclic) bond motifs is 1. The standard InChI is InChI=1S/C14H22N2O/c1-2-15-9-14(17)11-16-8-7-12-5-3-4-6-13(12)10-16/h3-6,14-15,17H,2,7-11H2,1H3. The van der Waals surface area contributed by atoms with Crippen LogP contribution in [0.5, 0.6) is 0 Å². The van der Waals surface area contributed by atoms with Crippen LogP contribution in [0, 0.1) is 0 Å². The van der Waals surface area contributed by atoms with Crippen LogP contribution in [-0.2, 0) is 13.0 Å². The highest BCUT2D eigenvalue weighted by Crippen LogP contribution is 2.18. The Morgan fingerprint density at radius 2 is 2.12 bits per heavy atom. The lowest BCUT2D eigenvalue weighted by molar-refractivity contribution is 0.105. The van der Waals surface area contributed by atoms with Crippen molar-refractivity contribution in [3.8, 4) is 0 Å². The first-order valence-corrected chi connectivity index (χ1v) is 6.47. The first-order valence-electron chi connectivity index (χ1n) is 6.47. The lowest BCUT2D eigenvalue weighted by Crippen LogP contribution is -2.40. The van der Waals surface area contributed by atoms with Gasteiger partial charge in [-0.05, 0) is 24.1 Å². The van der Waals surface area contributed by atoms with Crippen LogP contribution in [0.15, 0.2) is 24.3 Å². The fourth-order valence-electron chi connectivity index (χ4n) is 2.38. The van der Waals surface area contributed by atoms with Gasteiger partial charge in [0.1, 0.15) is 0 Å². The van der Waals surface area contributed by atoms with Gasteiger partial charge in [0, 0.05) is 26.2 Å². The lowest BCUT2D eigenvalue weighted by atomic mass is 10.00. The van der Waals surface area contributed by atoms with Crippen molar-refractivity contribution >= 4 is 0 Å². The van der Waals surface area contributed by atoms with E-state index in [1.54, 1.807) is 0 Å². The second-order valence-corrected chi connectivity index (χ2v) is 4.72. The molecule has 1 heterocycles. The summed E-state index contributed by atoms with van der Waals surface area (Å²) in [6.45, 7) is 6.46. The van der Waals surface area contributed by atoms with Crippen molar-refractivity contribution in [2.75, 3.05) is 26.2 Å². The average Bonchev–Trinajstić information content (AvgIpc) is 2.36. The molecule has 17 heavy (non-hydrogen) atoms. The zero-order valence-corrected chi connectivity index (χ0v) is 10.5. The molecular formula is C14H22N2O. The van der Waals surface area contributed by atoms with E-state index in [2.05, 4.69) is 41.4 Å². The van der Waals surface area contributed by atoms with Crippen LogP contribution in [0.2, 0.25) is 0 Å². The van der Waals surface area contributed by atoms with Crippen molar-refractivity contribution in [2.45, 2.75) is 26.0 Å². The fraction of sp³-hybridized carbons (Fsp3) is 0.571. The summed E-state index contributed by atoms with van der Waals surface area (Å²) < 4.78 is 0. The zero-order valence-electron chi connectivity index (χ0n) is 10.5. The van der Waals surface area contributed by atoms with Crippen molar-refractivity contribution in [1.82, 2.24) is 10.2 Å². The van der Waals surface area contributed by atoms with E-state index in [0.29, 0.717) is 6.54 Å². The Morgan fingerprint density at radius 1 is 1.35 bits per heavy atom. The topological polar surface area (TPSA) is 35.5 Å². The summed E-state index contributed by atoms with van der Waals surface area (Å²) in [6, 6.07) is 8.60. The molecule has 1 aromatic rings. The summed E-state index contributed by atoms with van der Waals surface area (Å²) in [5, 5.41) is 13.1. The smallest absolute Gasteiger partial charge is 0.0791 e. The van der Waals surface area contributed by atoms with Gasteiger partial charge in [0.15, 0.2) is 0 Å². The monoisotopic (exact) mass is 234 g/mol. The van der Waals surface area contributed by atoms with Crippen molar-refractivity contribution in [2.24, 2.45) is 0 Å². The van der Waals surface area contributed by atoms with Gasteiger partial charge in [-0.2, -0.15) is 0 Å². The fourth-order valence-corrected chi connectivity index (χ4v) is 2.38. The van der Waals surface area contributed by atoms with Gasteiger partial charge in [-0.1, -0.05) is 31.2 Å². The van der Waals surface area contributed by atoms with Crippen molar-refractivity contribution in [3.63, 3.8) is 0 Å². The third-order valence-corrected chi connectivity index (χ3v) is 3.31. The molecule has 94 valence electrons. The number of nitrogens with one attached hydrogen (secondary N) is 1. The molecule has 0 radical (unpaired) electrons. The Balaban J connectivity index is 1.85. The molecule has 0 spiro atoms. The Bertz CT molecular complexity index is 354. The third-order valence-electron chi connectivity index (χ3n) is 3.31. The number of likely N-dealkylation sites (N-methyl/N-ethyl adjacent to an activating group) is 1. The third kappa shape index (κ3) is 3.53. The highest BCUT2D eigenvalue weighted by molar-refractivity contribution is 5.29. The Labute approximate surface area is 103 Å². The maximum atomic E-state index is 9.88. The first-order chi connectivity index (χ1) is 8.29. The molecular weight excluding hydrogens is 212 g/mol. The van der Waals surface area contributed by atoms with Gasteiger partial charge in [-0.25, -0.2) is 0 Å². The molecule has 1 aliphatic heterocycles. The van der Waals surface area contributed by atoms with E-state index in [-0.39, 0.29) is 6.10 Å². The van der Waals surface area contributed by atoms with Crippen LogP contribution >= 0.6 is 0 Å². The number of hydrogen-bond acceptors (Lipinski definition) is 3. The van der Waals surface area contributed by atoms with E-state index in [1.165, 1.54) is 11.1 Å². The number of aliphatic hydroxyl groups is 1. The number of β-amino-alcohol motifs (C(OH)–C–C–N with tert-alkyl or cyclic N) is 1.